The molecule has 1 aliphatic rings. The van der Waals surface area contributed by atoms with E-state index in [4.69, 9.17) is 0 Å². The van der Waals surface area contributed by atoms with Crippen LogP contribution in [0.1, 0.15) is 48.3 Å². The number of aromatic nitrogens is 3. The van der Waals surface area contributed by atoms with Crippen LogP contribution in [0.2, 0.25) is 0 Å². The van der Waals surface area contributed by atoms with Crippen molar-refractivity contribution in [2.75, 3.05) is 13.1 Å². The summed E-state index contributed by atoms with van der Waals surface area (Å²) >= 11 is 0. The summed E-state index contributed by atoms with van der Waals surface area (Å²) in [6.07, 6.45) is 0.850. The third-order valence-electron chi connectivity index (χ3n) is 6.64. The monoisotopic (exact) mass is 430 g/mol. The Hall–Kier alpha value is -3.58. The number of rotatable bonds is 4. The van der Waals surface area contributed by atoms with Crippen LogP contribution in [0.15, 0.2) is 64.2 Å². The molecule has 3 N–H and O–H groups in total. The second-order valence-electron chi connectivity index (χ2n) is 8.30. The van der Waals surface area contributed by atoms with Crippen molar-refractivity contribution < 1.29 is 5.11 Å². The molecule has 0 aliphatic carbocycles. The topological polar surface area (TPSA) is 94.1 Å². The number of nitrogens with one attached hydrogen (secondary N) is 2. The standard InChI is InChI=1S/C25H26N4O3/c1-3-28-14-13-18-17-11-7-8-12-19(17)26-21(18)22(28)20-23(30)27-25(32)29(24(20)31)15(2)16-9-5-4-6-10-16/h4-12,15,22,26,31H,3,13-14H2,1-2H3,(H,27,30,32). The molecule has 0 radical (unpaired) electrons. The quantitative estimate of drug-likeness (QED) is 0.463. The number of para-hydroxylation sites is 1. The van der Waals surface area contributed by atoms with Crippen LogP contribution in [-0.2, 0) is 6.42 Å². The van der Waals surface area contributed by atoms with Crippen molar-refractivity contribution in [1.82, 2.24) is 19.4 Å². The number of likely N-dealkylation sites (N-methyl/N-ethyl adjacent to an activating group) is 1. The van der Waals surface area contributed by atoms with Gasteiger partial charge in [-0.15, -0.1) is 0 Å². The highest BCUT2D eigenvalue weighted by Crippen LogP contribution is 2.39. The van der Waals surface area contributed by atoms with E-state index in [1.165, 1.54) is 4.57 Å². The zero-order chi connectivity index (χ0) is 22.4. The van der Waals surface area contributed by atoms with Gasteiger partial charge in [0.15, 0.2) is 0 Å². The number of benzene rings is 2. The molecule has 0 saturated heterocycles. The predicted molar refractivity (Wildman–Crippen MR) is 124 cm³/mol. The molecule has 0 spiro atoms. The highest BCUT2D eigenvalue weighted by Gasteiger charge is 2.36. The molecular formula is C25H26N4O3. The fourth-order valence-corrected chi connectivity index (χ4v) is 5.00. The Morgan fingerprint density at radius 1 is 1.06 bits per heavy atom. The number of H-pyrrole nitrogens is 2. The minimum atomic E-state index is -0.622. The van der Waals surface area contributed by atoms with E-state index in [2.05, 4.69) is 20.9 Å². The summed E-state index contributed by atoms with van der Waals surface area (Å²) < 4.78 is 1.27. The largest absolute Gasteiger partial charge is 0.494 e. The SMILES string of the molecule is CCN1CCc2c([nH]c3ccccc23)C1c1c(O)n(C(C)c2ccccc2)c(=O)[nH]c1=O. The molecule has 32 heavy (non-hydrogen) atoms. The molecular weight excluding hydrogens is 404 g/mol. The zero-order valence-electron chi connectivity index (χ0n) is 18.1. The Kier molecular flexibility index (Phi) is 4.98. The molecule has 2 aromatic carbocycles. The fraction of sp³-hybridized carbons (Fsp3) is 0.280. The summed E-state index contributed by atoms with van der Waals surface area (Å²) in [7, 11) is 0. The number of aromatic amines is 2. The molecule has 0 amide bonds. The number of hydrogen-bond donors (Lipinski definition) is 3. The van der Waals surface area contributed by atoms with Gasteiger partial charge in [-0.3, -0.25) is 19.2 Å². The molecule has 7 nitrogen and oxygen atoms in total. The second kappa shape index (κ2) is 7.84. The molecule has 0 bridgehead atoms. The summed E-state index contributed by atoms with van der Waals surface area (Å²) in [4.78, 5) is 34.0. The molecule has 7 heteroatoms. The molecule has 2 atom stereocenters. The Balaban J connectivity index is 1.74. The molecule has 2 aromatic heterocycles. The van der Waals surface area contributed by atoms with Crippen molar-refractivity contribution in [3.8, 4) is 5.88 Å². The molecule has 5 rings (SSSR count). The van der Waals surface area contributed by atoms with Crippen LogP contribution in [-0.4, -0.2) is 37.6 Å². The Morgan fingerprint density at radius 3 is 2.53 bits per heavy atom. The average molecular weight is 431 g/mol. The third-order valence-corrected chi connectivity index (χ3v) is 6.64. The van der Waals surface area contributed by atoms with Gasteiger partial charge in [0.1, 0.15) is 5.56 Å². The van der Waals surface area contributed by atoms with Gasteiger partial charge in [0.05, 0.1) is 12.1 Å². The van der Waals surface area contributed by atoms with Gasteiger partial charge in [0.25, 0.3) is 5.56 Å². The smallest absolute Gasteiger partial charge is 0.331 e. The van der Waals surface area contributed by atoms with Crippen LogP contribution in [0.5, 0.6) is 5.88 Å². The number of nitrogens with zero attached hydrogens (tertiary/aromatic N) is 2. The fourth-order valence-electron chi connectivity index (χ4n) is 5.00. The maximum atomic E-state index is 13.1. The lowest BCUT2D eigenvalue weighted by Gasteiger charge is -2.35. The van der Waals surface area contributed by atoms with E-state index < -0.39 is 23.3 Å². The lowest BCUT2D eigenvalue weighted by Crippen LogP contribution is -2.42. The van der Waals surface area contributed by atoms with Crippen LogP contribution in [0.25, 0.3) is 10.9 Å². The summed E-state index contributed by atoms with van der Waals surface area (Å²) in [6, 6.07) is 16.6. The highest BCUT2D eigenvalue weighted by atomic mass is 16.3. The van der Waals surface area contributed by atoms with Gasteiger partial charge in [-0.2, -0.15) is 0 Å². The zero-order valence-corrected chi connectivity index (χ0v) is 18.1. The van der Waals surface area contributed by atoms with Gasteiger partial charge in [-0.25, -0.2) is 4.79 Å². The van der Waals surface area contributed by atoms with E-state index in [0.717, 1.165) is 40.7 Å². The van der Waals surface area contributed by atoms with Crippen LogP contribution in [0, 0.1) is 0 Å². The number of hydrogen-bond acceptors (Lipinski definition) is 4. The highest BCUT2D eigenvalue weighted by molar-refractivity contribution is 5.85. The Labute approximate surface area is 185 Å². The predicted octanol–water partition coefficient (Wildman–Crippen LogP) is 3.30. The van der Waals surface area contributed by atoms with Gasteiger partial charge in [0, 0.05) is 23.1 Å². The number of fused-ring (bicyclic) bond motifs is 3. The molecule has 0 saturated carbocycles. The van der Waals surface area contributed by atoms with Gasteiger partial charge < -0.3 is 10.1 Å². The summed E-state index contributed by atoms with van der Waals surface area (Å²) in [5.74, 6) is -0.287. The molecule has 1 aliphatic heterocycles. The second-order valence-corrected chi connectivity index (χ2v) is 8.30. The van der Waals surface area contributed by atoms with Crippen LogP contribution in [0.4, 0.5) is 0 Å². The maximum Gasteiger partial charge on any atom is 0.331 e. The van der Waals surface area contributed by atoms with E-state index in [9.17, 15) is 14.7 Å². The maximum absolute atomic E-state index is 13.1. The van der Waals surface area contributed by atoms with Gasteiger partial charge in [-0.1, -0.05) is 55.5 Å². The van der Waals surface area contributed by atoms with Crippen molar-refractivity contribution >= 4 is 10.9 Å². The van der Waals surface area contributed by atoms with Crippen molar-refractivity contribution in [2.45, 2.75) is 32.4 Å². The van der Waals surface area contributed by atoms with Crippen molar-refractivity contribution in [3.05, 3.63) is 97.8 Å². The minimum absolute atomic E-state index is 0.196. The van der Waals surface area contributed by atoms with Crippen LogP contribution >= 0.6 is 0 Å². The van der Waals surface area contributed by atoms with Crippen molar-refractivity contribution in [3.63, 3.8) is 0 Å². The summed E-state index contributed by atoms with van der Waals surface area (Å²) in [6.45, 7) is 5.33. The van der Waals surface area contributed by atoms with E-state index in [-0.39, 0.29) is 11.4 Å². The lowest BCUT2D eigenvalue weighted by atomic mass is 9.93. The number of aromatic hydroxyl groups is 1. The van der Waals surface area contributed by atoms with E-state index >= 15 is 0 Å². The molecule has 164 valence electrons. The average Bonchev–Trinajstić information content (AvgIpc) is 3.18. The molecule has 2 unspecified atom stereocenters. The van der Waals surface area contributed by atoms with Gasteiger partial charge >= 0.3 is 5.69 Å². The Morgan fingerprint density at radius 2 is 1.78 bits per heavy atom. The van der Waals surface area contributed by atoms with Crippen molar-refractivity contribution in [1.29, 1.82) is 0 Å². The minimum Gasteiger partial charge on any atom is -0.494 e. The molecule has 3 heterocycles. The summed E-state index contributed by atoms with van der Waals surface area (Å²) in [5, 5.41) is 12.5. The first-order valence-corrected chi connectivity index (χ1v) is 11.0. The van der Waals surface area contributed by atoms with Crippen molar-refractivity contribution in [2.24, 2.45) is 0 Å². The van der Waals surface area contributed by atoms with Crippen LogP contribution < -0.4 is 11.2 Å². The lowest BCUT2D eigenvalue weighted by molar-refractivity contribution is 0.214. The van der Waals surface area contributed by atoms with Crippen LogP contribution in [0.3, 0.4) is 0 Å². The molecule has 0 fully saturated rings. The van der Waals surface area contributed by atoms with E-state index in [0.29, 0.717) is 6.54 Å². The van der Waals surface area contributed by atoms with Gasteiger partial charge in [0.2, 0.25) is 5.88 Å². The van der Waals surface area contributed by atoms with E-state index in [1.54, 1.807) is 0 Å². The van der Waals surface area contributed by atoms with E-state index in [1.807, 2.05) is 62.4 Å². The summed E-state index contributed by atoms with van der Waals surface area (Å²) in [5.41, 5.74) is 2.94. The Bertz CT molecular complexity index is 1400. The molecule has 4 aromatic rings. The first kappa shape index (κ1) is 20.3. The van der Waals surface area contributed by atoms with Gasteiger partial charge in [-0.05, 0) is 37.1 Å². The normalized spacial score (nSPS) is 17.4. The first-order chi connectivity index (χ1) is 15.5. The first-order valence-electron chi connectivity index (χ1n) is 11.0. The third kappa shape index (κ3) is 3.08.